The molecule has 1 aliphatic heterocycles. The van der Waals surface area contributed by atoms with Gasteiger partial charge in [0.1, 0.15) is 11.6 Å². The van der Waals surface area contributed by atoms with Gasteiger partial charge in [-0.05, 0) is 13.0 Å². The van der Waals surface area contributed by atoms with Crippen LogP contribution >= 0.6 is 0 Å². The van der Waals surface area contributed by atoms with Gasteiger partial charge in [0.25, 0.3) is 0 Å². The predicted molar refractivity (Wildman–Crippen MR) is 90.7 cm³/mol. The fraction of sp³-hybridized carbons (Fsp3) is 0.444. The van der Waals surface area contributed by atoms with Gasteiger partial charge in [-0.15, -0.1) is 0 Å². The van der Waals surface area contributed by atoms with Crippen LogP contribution in [0.1, 0.15) is 22.6 Å². The molecule has 1 aromatic carbocycles. The van der Waals surface area contributed by atoms with Crippen molar-refractivity contribution < 1.29 is 14.2 Å². The molecule has 0 atom stereocenters. The molecule has 24 heavy (non-hydrogen) atoms. The molecule has 0 bridgehead atoms. The predicted octanol–water partition coefficient (Wildman–Crippen LogP) is 2.37. The van der Waals surface area contributed by atoms with Gasteiger partial charge in [0.15, 0.2) is 11.5 Å². The Morgan fingerprint density at radius 3 is 2.46 bits per heavy atom. The van der Waals surface area contributed by atoms with E-state index in [1.165, 1.54) is 5.56 Å². The van der Waals surface area contributed by atoms with Crippen molar-refractivity contribution in [3.8, 4) is 17.2 Å². The molecule has 6 heteroatoms. The summed E-state index contributed by atoms with van der Waals surface area (Å²) in [5.41, 5.74) is 3.44. The Bertz CT molecular complexity index is 734. The summed E-state index contributed by atoms with van der Waals surface area (Å²) >= 11 is 0. The van der Waals surface area contributed by atoms with Crippen molar-refractivity contribution in [1.29, 1.82) is 0 Å². The monoisotopic (exact) mass is 329 g/mol. The quantitative estimate of drug-likeness (QED) is 0.839. The SMILES string of the molecule is COc1cc(OC)c(OC)cc1CN1CCc2nc(C)ncc2C1. The van der Waals surface area contributed by atoms with E-state index in [0.717, 1.165) is 48.9 Å². The molecule has 1 aromatic heterocycles. The molecule has 6 nitrogen and oxygen atoms in total. The number of nitrogens with zero attached hydrogens (tertiary/aromatic N) is 3. The van der Waals surface area contributed by atoms with Crippen LogP contribution in [0.15, 0.2) is 18.3 Å². The molecule has 2 aromatic rings. The average Bonchev–Trinajstić information content (AvgIpc) is 2.61. The maximum atomic E-state index is 5.53. The lowest BCUT2D eigenvalue weighted by atomic mass is 10.1. The van der Waals surface area contributed by atoms with Gasteiger partial charge in [0.05, 0.1) is 21.3 Å². The van der Waals surface area contributed by atoms with Crippen LogP contribution in [-0.2, 0) is 19.5 Å². The highest BCUT2D eigenvalue weighted by atomic mass is 16.5. The summed E-state index contributed by atoms with van der Waals surface area (Å²) in [7, 11) is 4.94. The van der Waals surface area contributed by atoms with E-state index in [-0.39, 0.29) is 0 Å². The van der Waals surface area contributed by atoms with Crippen molar-refractivity contribution in [3.63, 3.8) is 0 Å². The van der Waals surface area contributed by atoms with Gasteiger partial charge in [-0.3, -0.25) is 4.90 Å². The minimum atomic E-state index is 0.672. The van der Waals surface area contributed by atoms with Crippen LogP contribution in [0.3, 0.4) is 0 Å². The lowest BCUT2D eigenvalue weighted by molar-refractivity contribution is 0.238. The number of methoxy groups -OCH3 is 3. The van der Waals surface area contributed by atoms with Crippen molar-refractivity contribution in [2.24, 2.45) is 0 Å². The molecule has 3 rings (SSSR count). The van der Waals surface area contributed by atoms with Crippen molar-refractivity contribution in [2.75, 3.05) is 27.9 Å². The van der Waals surface area contributed by atoms with Crippen LogP contribution < -0.4 is 14.2 Å². The molecule has 2 heterocycles. The minimum absolute atomic E-state index is 0.672. The Balaban J connectivity index is 1.82. The summed E-state index contributed by atoms with van der Waals surface area (Å²) < 4.78 is 16.3. The Morgan fingerprint density at radius 2 is 1.75 bits per heavy atom. The molecule has 0 saturated carbocycles. The van der Waals surface area contributed by atoms with Crippen molar-refractivity contribution in [1.82, 2.24) is 14.9 Å². The molecule has 0 unspecified atom stereocenters. The van der Waals surface area contributed by atoms with Gasteiger partial charge in [-0.2, -0.15) is 0 Å². The van der Waals surface area contributed by atoms with E-state index in [1.54, 1.807) is 21.3 Å². The molecule has 0 spiro atoms. The highest BCUT2D eigenvalue weighted by Gasteiger charge is 2.20. The molecule has 128 valence electrons. The van der Waals surface area contributed by atoms with Crippen molar-refractivity contribution in [2.45, 2.75) is 26.4 Å². The van der Waals surface area contributed by atoms with Crippen LogP contribution in [0.2, 0.25) is 0 Å². The van der Waals surface area contributed by atoms with Crippen molar-refractivity contribution >= 4 is 0 Å². The summed E-state index contributed by atoms with van der Waals surface area (Å²) in [6.45, 7) is 4.51. The zero-order valence-corrected chi connectivity index (χ0v) is 14.6. The lowest BCUT2D eigenvalue weighted by Crippen LogP contribution is -2.31. The third kappa shape index (κ3) is 3.28. The zero-order valence-electron chi connectivity index (χ0n) is 14.6. The van der Waals surface area contributed by atoms with Crippen LogP contribution in [-0.4, -0.2) is 42.7 Å². The average molecular weight is 329 g/mol. The Labute approximate surface area is 142 Å². The second-order valence-electron chi connectivity index (χ2n) is 5.87. The second kappa shape index (κ2) is 7.05. The summed E-state index contributed by atoms with van der Waals surface area (Å²) in [5, 5.41) is 0. The molecule has 0 fully saturated rings. The van der Waals surface area contributed by atoms with Gasteiger partial charge >= 0.3 is 0 Å². The third-order valence-electron chi connectivity index (χ3n) is 4.31. The van der Waals surface area contributed by atoms with Crippen LogP contribution in [0, 0.1) is 6.92 Å². The van der Waals surface area contributed by atoms with E-state index in [2.05, 4.69) is 14.9 Å². The summed E-state index contributed by atoms with van der Waals surface area (Å²) in [6.07, 6.45) is 2.88. The molecular formula is C18H23N3O3. The summed E-state index contributed by atoms with van der Waals surface area (Å²) in [4.78, 5) is 11.2. The van der Waals surface area contributed by atoms with Crippen LogP contribution in [0.5, 0.6) is 17.2 Å². The third-order valence-corrected chi connectivity index (χ3v) is 4.31. The number of fused-ring (bicyclic) bond motifs is 1. The Hall–Kier alpha value is -2.34. The Morgan fingerprint density at radius 1 is 1.04 bits per heavy atom. The number of hydrogen-bond donors (Lipinski definition) is 0. The number of hydrogen-bond acceptors (Lipinski definition) is 6. The van der Waals surface area contributed by atoms with Gasteiger partial charge in [-0.1, -0.05) is 0 Å². The van der Waals surface area contributed by atoms with Crippen molar-refractivity contribution in [3.05, 3.63) is 41.0 Å². The molecular weight excluding hydrogens is 306 g/mol. The largest absolute Gasteiger partial charge is 0.496 e. The Kier molecular flexibility index (Phi) is 4.85. The minimum Gasteiger partial charge on any atom is -0.496 e. The summed E-state index contributed by atoms with van der Waals surface area (Å²) in [5.74, 6) is 3.03. The first kappa shape index (κ1) is 16.5. The van der Waals surface area contributed by atoms with E-state index < -0.39 is 0 Å². The second-order valence-corrected chi connectivity index (χ2v) is 5.87. The van der Waals surface area contributed by atoms with E-state index in [0.29, 0.717) is 11.5 Å². The standard InChI is InChI=1S/C18H23N3O3/c1-12-19-9-14-11-21(6-5-15(14)20-12)10-13-7-17(23-3)18(24-4)8-16(13)22-2/h7-9H,5-6,10-11H2,1-4H3. The van der Waals surface area contributed by atoms with Crippen LogP contribution in [0.4, 0.5) is 0 Å². The van der Waals surface area contributed by atoms with Gasteiger partial charge in [0, 0.05) is 55.1 Å². The highest BCUT2D eigenvalue weighted by molar-refractivity contribution is 5.50. The smallest absolute Gasteiger partial charge is 0.164 e. The van der Waals surface area contributed by atoms with Gasteiger partial charge < -0.3 is 14.2 Å². The molecule has 0 N–H and O–H groups in total. The first-order valence-corrected chi connectivity index (χ1v) is 7.97. The topological polar surface area (TPSA) is 56.7 Å². The fourth-order valence-electron chi connectivity index (χ4n) is 3.07. The lowest BCUT2D eigenvalue weighted by Gasteiger charge is -2.28. The first-order chi connectivity index (χ1) is 11.6. The number of aromatic nitrogens is 2. The van der Waals surface area contributed by atoms with E-state index in [4.69, 9.17) is 14.2 Å². The molecule has 0 aliphatic carbocycles. The number of aryl methyl sites for hydroxylation is 1. The fourth-order valence-corrected chi connectivity index (χ4v) is 3.07. The highest BCUT2D eigenvalue weighted by Crippen LogP contribution is 2.35. The maximum absolute atomic E-state index is 5.53. The number of ether oxygens (including phenoxy) is 3. The van der Waals surface area contributed by atoms with E-state index in [9.17, 15) is 0 Å². The molecule has 0 saturated heterocycles. The summed E-state index contributed by atoms with van der Waals surface area (Å²) in [6, 6.07) is 3.86. The van der Waals surface area contributed by atoms with Gasteiger partial charge in [0.2, 0.25) is 0 Å². The first-order valence-electron chi connectivity index (χ1n) is 7.97. The van der Waals surface area contributed by atoms with E-state index in [1.807, 2.05) is 25.3 Å². The van der Waals surface area contributed by atoms with Gasteiger partial charge in [-0.25, -0.2) is 9.97 Å². The molecule has 0 amide bonds. The molecule has 1 aliphatic rings. The van der Waals surface area contributed by atoms with E-state index >= 15 is 0 Å². The zero-order chi connectivity index (χ0) is 17.1. The number of rotatable bonds is 5. The normalized spacial score (nSPS) is 14.2. The van der Waals surface area contributed by atoms with Crippen LogP contribution in [0.25, 0.3) is 0 Å². The number of benzene rings is 1. The maximum Gasteiger partial charge on any atom is 0.164 e. The molecule has 0 radical (unpaired) electrons.